The maximum atomic E-state index is 3.12. The standard InChI is InChI=1S/2HN5/c2*1-2-4-5-3-1/h2*(H,1,2,3,4,5). The van der Waals surface area contributed by atoms with E-state index in [2.05, 4.69) is 52.1 Å². The van der Waals surface area contributed by atoms with Gasteiger partial charge in [-0.25, -0.2) is 0 Å². The minimum absolute atomic E-state index is 2.14. The monoisotopic (exact) mass is 142 g/mol. The second-order valence-electron chi connectivity index (χ2n) is 0.958. The summed E-state index contributed by atoms with van der Waals surface area (Å²) in [4.78, 5) is 0. The molecule has 10 heavy (non-hydrogen) atoms. The Bertz CT molecular complexity index is 139. The molecule has 0 aliphatic rings. The zero-order valence-electron chi connectivity index (χ0n) is 4.58. The van der Waals surface area contributed by atoms with Crippen LogP contribution in [0.5, 0.6) is 0 Å². The molecule has 2 N–H and O–H groups in total. The molecule has 0 spiro atoms. The Morgan fingerprint density at radius 2 is 0.800 bits per heavy atom. The predicted molar refractivity (Wildman–Crippen MR) is 23.9 cm³/mol. The fraction of sp³-hybridized carbons (Fsp3) is 0. The van der Waals surface area contributed by atoms with Crippen molar-refractivity contribution in [2.24, 2.45) is 0 Å². The maximum absolute atomic E-state index is 3.12. The van der Waals surface area contributed by atoms with Crippen molar-refractivity contribution >= 4 is 0 Å². The zero-order valence-corrected chi connectivity index (χ0v) is 4.58. The first-order chi connectivity index (χ1) is 5.00. The van der Waals surface area contributed by atoms with Crippen LogP contribution in [0.25, 0.3) is 0 Å². The molecule has 0 radical (unpaired) electrons. The second-order valence-corrected chi connectivity index (χ2v) is 0.958. The number of hydrogen-bond donors (Lipinski definition) is 2. The molecular formula is H2N10. The van der Waals surface area contributed by atoms with Crippen molar-refractivity contribution in [1.29, 1.82) is 0 Å². The molecule has 10 nitrogen and oxygen atoms in total. The summed E-state index contributed by atoms with van der Waals surface area (Å²) < 4.78 is 0. The summed E-state index contributed by atoms with van der Waals surface area (Å²) in [5, 5.41) is 29.0. The SMILES string of the molecule is n1nn[nH]n1.n1nn[nH]n1. The molecular weight excluding hydrogens is 140 g/mol. The lowest BCUT2D eigenvalue weighted by atomic mass is 12.7. The number of aromatic amines is 2. The van der Waals surface area contributed by atoms with E-state index in [0.717, 1.165) is 0 Å². The van der Waals surface area contributed by atoms with Gasteiger partial charge in [-0.05, 0) is 41.7 Å². The first-order valence-corrected chi connectivity index (χ1v) is 2.09. The Morgan fingerprint density at radius 3 is 0.900 bits per heavy atom. The summed E-state index contributed by atoms with van der Waals surface area (Å²) in [6.45, 7) is 0. The van der Waals surface area contributed by atoms with Crippen molar-refractivity contribution in [2.75, 3.05) is 0 Å². The topological polar surface area (TPSA) is 135 Å². The quantitative estimate of drug-likeness (QED) is 0.402. The van der Waals surface area contributed by atoms with Gasteiger partial charge in [0.2, 0.25) is 0 Å². The summed E-state index contributed by atoms with van der Waals surface area (Å²) >= 11 is 0. The molecule has 0 aliphatic carbocycles. The molecule has 52 valence electrons. The number of rotatable bonds is 0. The highest BCUT2D eigenvalue weighted by molar-refractivity contribution is 3.84. The molecule has 10 heteroatoms. The van der Waals surface area contributed by atoms with Gasteiger partial charge in [-0.2, -0.15) is 10.4 Å². The number of aromatic nitrogens is 10. The van der Waals surface area contributed by atoms with E-state index in [-0.39, 0.29) is 0 Å². The Hall–Kier alpha value is -2.00. The summed E-state index contributed by atoms with van der Waals surface area (Å²) in [6, 6.07) is 0. The summed E-state index contributed by atoms with van der Waals surface area (Å²) in [6.07, 6.45) is 0. The Balaban J connectivity index is 0.0000001000. The third-order valence-electron chi connectivity index (χ3n) is 0.438. The Morgan fingerprint density at radius 1 is 0.500 bits per heavy atom. The van der Waals surface area contributed by atoms with Gasteiger partial charge in [-0.15, -0.1) is 0 Å². The van der Waals surface area contributed by atoms with Crippen molar-refractivity contribution in [1.82, 2.24) is 52.1 Å². The van der Waals surface area contributed by atoms with E-state index >= 15 is 0 Å². The lowest BCUT2D eigenvalue weighted by Crippen LogP contribution is -1.64. The average molecular weight is 142 g/mol. The fourth-order valence-electron chi connectivity index (χ4n) is 0.200. The van der Waals surface area contributed by atoms with E-state index in [1.54, 1.807) is 0 Å². The molecule has 0 amide bonds. The van der Waals surface area contributed by atoms with Gasteiger partial charge in [-0.1, -0.05) is 0 Å². The molecule has 0 fully saturated rings. The van der Waals surface area contributed by atoms with Crippen LogP contribution in [0, 0.1) is 0 Å². The van der Waals surface area contributed by atoms with E-state index in [1.807, 2.05) is 0 Å². The third-order valence-corrected chi connectivity index (χ3v) is 0.438. The van der Waals surface area contributed by atoms with Crippen LogP contribution in [-0.2, 0) is 0 Å². The molecule has 0 aromatic carbocycles. The summed E-state index contributed by atoms with van der Waals surface area (Å²) in [7, 11) is 0. The molecule has 0 unspecified atom stereocenters. The molecule has 0 bridgehead atoms. The van der Waals surface area contributed by atoms with Crippen molar-refractivity contribution < 1.29 is 0 Å². The van der Waals surface area contributed by atoms with E-state index < -0.39 is 0 Å². The normalized spacial score (nSPS) is 8.00. The molecule has 0 saturated carbocycles. The highest BCUT2D eigenvalue weighted by Gasteiger charge is 1.60. The molecule has 0 saturated heterocycles. The van der Waals surface area contributed by atoms with Crippen LogP contribution < -0.4 is 0 Å². The van der Waals surface area contributed by atoms with Crippen LogP contribution in [0.1, 0.15) is 0 Å². The van der Waals surface area contributed by atoms with Gasteiger partial charge in [0, 0.05) is 0 Å². The van der Waals surface area contributed by atoms with E-state index in [4.69, 9.17) is 0 Å². The van der Waals surface area contributed by atoms with Crippen molar-refractivity contribution in [3.8, 4) is 0 Å². The van der Waals surface area contributed by atoms with Gasteiger partial charge in [-0.3, -0.25) is 0 Å². The van der Waals surface area contributed by atoms with Crippen LogP contribution >= 0.6 is 0 Å². The van der Waals surface area contributed by atoms with Gasteiger partial charge in [0.15, 0.2) is 0 Å². The van der Waals surface area contributed by atoms with Crippen molar-refractivity contribution in [3.05, 3.63) is 0 Å². The Kier molecular flexibility index (Phi) is 2.41. The van der Waals surface area contributed by atoms with Gasteiger partial charge in [0.05, 0.1) is 0 Å². The Labute approximate surface area is 53.4 Å². The van der Waals surface area contributed by atoms with E-state index in [0.29, 0.717) is 0 Å². The molecule has 0 aliphatic heterocycles. The van der Waals surface area contributed by atoms with Crippen molar-refractivity contribution in [3.63, 3.8) is 0 Å². The summed E-state index contributed by atoms with van der Waals surface area (Å²) in [5.74, 6) is 0. The molecule has 2 aromatic rings. The third kappa shape index (κ3) is 2.34. The number of nitrogens with zero attached hydrogens (tertiary/aromatic N) is 8. The summed E-state index contributed by atoms with van der Waals surface area (Å²) in [5.41, 5.74) is 0. The van der Waals surface area contributed by atoms with Crippen LogP contribution in [0.4, 0.5) is 0 Å². The molecule has 2 heterocycles. The molecule has 2 rings (SSSR count). The van der Waals surface area contributed by atoms with Crippen LogP contribution in [0.15, 0.2) is 0 Å². The van der Waals surface area contributed by atoms with Gasteiger partial charge >= 0.3 is 0 Å². The smallest absolute Gasteiger partial charge is 0.00217 e. The van der Waals surface area contributed by atoms with Crippen LogP contribution in [-0.4, -0.2) is 52.1 Å². The lowest BCUT2D eigenvalue weighted by Gasteiger charge is -1.40. The van der Waals surface area contributed by atoms with Gasteiger partial charge in [0.1, 0.15) is 0 Å². The highest BCUT2D eigenvalue weighted by atomic mass is 15.6. The average Bonchev–Trinajstić information content (AvgIpc) is 2.67. The highest BCUT2D eigenvalue weighted by Crippen LogP contribution is 1.32. The first-order valence-electron chi connectivity index (χ1n) is 2.09. The molecule has 2 aromatic heterocycles. The first kappa shape index (κ1) is 6.12. The fourth-order valence-corrected chi connectivity index (χ4v) is 0.200. The largest absolute Gasteiger partial charge is 0.157 e. The van der Waals surface area contributed by atoms with E-state index in [1.165, 1.54) is 0 Å². The van der Waals surface area contributed by atoms with Crippen LogP contribution in [0.2, 0.25) is 0 Å². The molecule has 0 atom stereocenters. The zero-order chi connectivity index (χ0) is 7.07. The number of nitrogens with one attached hydrogen (secondary N) is 2. The maximum Gasteiger partial charge on any atom is -0.00217 e. The van der Waals surface area contributed by atoms with Crippen LogP contribution in [0.3, 0.4) is 0 Å². The minimum Gasteiger partial charge on any atom is -0.157 e. The van der Waals surface area contributed by atoms with E-state index in [9.17, 15) is 0 Å². The number of hydrogen-bond acceptors (Lipinski definition) is 8. The lowest BCUT2D eigenvalue weighted by molar-refractivity contribution is 0.881. The minimum atomic E-state index is 2.14. The number of H-pyrrole nitrogens is 2. The second kappa shape index (κ2) is 3.94. The van der Waals surface area contributed by atoms with Crippen molar-refractivity contribution in [2.45, 2.75) is 0 Å². The van der Waals surface area contributed by atoms with Gasteiger partial charge < -0.3 is 0 Å². The predicted octanol–water partition coefficient (Wildman–Crippen LogP) is -2.81. The van der Waals surface area contributed by atoms with Gasteiger partial charge in [0.25, 0.3) is 0 Å².